The van der Waals surface area contributed by atoms with Gasteiger partial charge in [0.05, 0.1) is 86.0 Å². The summed E-state index contributed by atoms with van der Waals surface area (Å²) in [6.07, 6.45) is 6.19. The summed E-state index contributed by atoms with van der Waals surface area (Å²) in [5.41, 5.74) is 5.98. The number of aliphatic hydroxyl groups is 10. The Kier molecular flexibility index (Phi) is 24.7. The number of allylic oxidation sites excluding steroid dienone is 12. The first-order valence-electron chi connectivity index (χ1n) is 22.5. The maximum absolute atomic E-state index is 13.3. The zero-order valence-electron chi connectivity index (χ0n) is 37.6. The van der Waals surface area contributed by atoms with E-state index in [0.717, 1.165) is 0 Å². The summed E-state index contributed by atoms with van der Waals surface area (Å²) >= 11 is 0. The molecule has 0 spiro atoms. The number of fused-ring (bicyclic) bond motifs is 2. The second-order valence-corrected chi connectivity index (χ2v) is 17.3. The molecule has 18 heteroatoms. The molecular weight excluding hydrogens is 849 g/mol. The third-order valence-corrected chi connectivity index (χ3v) is 11.4. The Labute approximate surface area is 381 Å². The van der Waals surface area contributed by atoms with Gasteiger partial charge in [-0.2, -0.15) is 0 Å². The lowest BCUT2D eigenvalue weighted by Gasteiger charge is -2.45. The molecule has 0 aliphatic carbocycles. The fourth-order valence-electron chi connectivity index (χ4n) is 7.80. The zero-order valence-corrected chi connectivity index (χ0v) is 37.6. The van der Waals surface area contributed by atoms with Crippen LogP contribution >= 0.6 is 0 Å². The number of carbonyl (C=O) groups is 2. The minimum atomic E-state index is -2.24. The molecular formula is C47H74N2O16. The molecule has 3 rings (SSSR count). The molecule has 2 fully saturated rings. The number of hydrogen-bond acceptors (Lipinski definition) is 17. The summed E-state index contributed by atoms with van der Waals surface area (Å²) in [5.74, 6) is -5.01. The molecule has 13 N–H and O–H groups in total. The van der Waals surface area contributed by atoms with Crippen molar-refractivity contribution >= 4 is 11.9 Å². The monoisotopic (exact) mass is 923 g/mol. The average Bonchev–Trinajstić information content (AvgIpc) is 3.21. The van der Waals surface area contributed by atoms with Crippen LogP contribution in [0.4, 0.5) is 0 Å². The highest BCUT2D eigenvalue weighted by Crippen LogP contribution is 2.38. The Morgan fingerprint density at radius 2 is 1.32 bits per heavy atom. The van der Waals surface area contributed by atoms with Crippen LogP contribution in [0.5, 0.6) is 0 Å². The van der Waals surface area contributed by atoms with E-state index in [0.29, 0.717) is 0 Å². The molecule has 0 aromatic carbocycles. The third-order valence-electron chi connectivity index (χ3n) is 11.4. The lowest BCUT2D eigenvalue weighted by atomic mass is 9.82. The van der Waals surface area contributed by atoms with Crippen LogP contribution in [-0.2, 0) is 28.5 Å². The summed E-state index contributed by atoms with van der Waals surface area (Å²) in [7, 11) is 0. The van der Waals surface area contributed by atoms with Crippen molar-refractivity contribution in [2.45, 2.75) is 170 Å². The van der Waals surface area contributed by atoms with E-state index in [4.69, 9.17) is 24.7 Å². The number of nitrogens with one attached hydrogen (secondary N) is 1. The summed E-state index contributed by atoms with van der Waals surface area (Å²) in [6, 6.07) is -1.10. The van der Waals surface area contributed by atoms with Crippen LogP contribution in [0.1, 0.15) is 78.6 Å². The Balaban J connectivity index is 1.87. The van der Waals surface area contributed by atoms with Crippen molar-refractivity contribution in [1.29, 1.82) is 0 Å². The van der Waals surface area contributed by atoms with Crippen molar-refractivity contribution in [3.05, 3.63) is 85.1 Å². The molecule has 18 nitrogen and oxygen atoms in total. The van der Waals surface area contributed by atoms with Gasteiger partial charge in [0.2, 0.25) is 5.91 Å². The minimum Gasteiger partial charge on any atom is -0.462 e. The van der Waals surface area contributed by atoms with E-state index in [9.17, 15) is 60.7 Å². The van der Waals surface area contributed by atoms with Crippen molar-refractivity contribution in [1.82, 2.24) is 5.32 Å². The van der Waals surface area contributed by atoms with Crippen LogP contribution in [0.3, 0.4) is 0 Å². The van der Waals surface area contributed by atoms with E-state index in [1.165, 1.54) is 0 Å². The molecule has 1 amide bonds. The Morgan fingerprint density at radius 3 is 1.94 bits per heavy atom. The third kappa shape index (κ3) is 20.1. The van der Waals surface area contributed by atoms with Gasteiger partial charge in [0.1, 0.15) is 12.2 Å². The summed E-state index contributed by atoms with van der Waals surface area (Å²) < 4.78 is 23.2. The van der Waals surface area contributed by atoms with Crippen molar-refractivity contribution in [3.8, 4) is 0 Å². The van der Waals surface area contributed by atoms with Crippen LogP contribution in [0.2, 0.25) is 0 Å². The maximum atomic E-state index is 13.3. The maximum Gasteiger partial charge on any atom is 0.308 e. The summed E-state index contributed by atoms with van der Waals surface area (Å²) in [6.45, 7) is 5.13. The molecule has 0 aromatic heterocycles. The molecule has 3 aliphatic rings. The molecule has 0 saturated carbocycles. The number of aliphatic hydroxyl groups excluding tert-OH is 9. The number of carbonyl (C=O) groups excluding carboxylic acids is 2. The van der Waals surface area contributed by atoms with Gasteiger partial charge in [-0.25, -0.2) is 0 Å². The van der Waals surface area contributed by atoms with Gasteiger partial charge < -0.3 is 81.1 Å². The standard InChI is InChI=1S/C47H74N2O16/c1-4-49-45(60)42-38(56)27-47(61)26-33(52)23-37(55)35(53)20-19-31(50)22-32(51)24-41(58)63-30(3)21-36(54)29(2)17-15-13-11-9-7-5-6-8-10-12-14-16-18-34(25-40(42)65-47)64-46-44(59)43(48)39(57)28-62-46/h5-18,29-40,42-44,46,50-57,59,61H,4,19-28,48H2,1-3H3,(H,49,60)/b6-5+,9-7+,10-8+,13-11+,14-12+,17-15+,18-16+/t29-,30-,31?,32?,33?,34?,35?,36-,37?,38-,39+,40-,42+,43-,44+,46-,47?/m0/s1. The van der Waals surface area contributed by atoms with Gasteiger partial charge in [0.15, 0.2) is 12.1 Å². The van der Waals surface area contributed by atoms with Crippen molar-refractivity contribution in [2.24, 2.45) is 17.6 Å². The molecule has 7 unspecified atom stereocenters. The van der Waals surface area contributed by atoms with Crippen LogP contribution in [-0.4, -0.2) is 167 Å². The van der Waals surface area contributed by atoms with Gasteiger partial charge in [0, 0.05) is 44.6 Å². The van der Waals surface area contributed by atoms with Gasteiger partial charge in [-0.05, 0) is 33.1 Å². The largest absolute Gasteiger partial charge is 0.462 e. The second kappa shape index (κ2) is 28.7. The number of cyclic esters (lactones) is 1. The van der Waals surface area contributed by atoms with Gasteiger partial charge in [-0.15, -0.1) is 0 Å². The van der Waals surface area contributed by atoms with Crippen LogP contribution in [0.25, 0.3) is 0 Å². The molecule has 2 bridgehead atoms. The SMILES string of the molecule is CCNC(=O)[C@H]1[C@@H]2CC(O[C@@H]3OC[C@@H](O)[C@H](N)[C@H]3O)/C=C/C=C/C=C/C=C/C=C/C=C/C=C/[C@H](C)[C@@H](O)C[C@H](C)OC(=O)CC(O)CC(O)CCC(O)C(O)CC(O)CC(O)(C[C@@H]1O)O2. The number of rotatable bonds is 4. The predicted octanol–water partition coefficient (Wildman–Crippen LogP) is 0.129. The van der Waals surface area contributed by atoms with Crippen molar-refractivity contribution < 1.29 is 79.6 Å². The minimum absolute atomic E-state index is 0.0846. The highest BCUT2D eigenvalue weighted by atomic mass is 16.7. The Bertz CT molecular complexity index is 1640. The fraction of sp³-hybridized carbons (Fsp3) is 0.660. The first-order chi connectivity index (χ1) is 30.8. The second-order valence-electron chi connectivity index (χ2n) is 17.3. The van der Waals surface area contributed by atoms with Gasteiger partial charge >= 0.3 is 5.97 Å². The molecule has 17 atom stereocenters. The Hall–Kier alpha value is -3.44. The lowest BCUT2D eigenvalue weighted by molar-refractivity contribution is -0.304. The lowest BCUT2D eigenvalue weighted by Crippen LogP contribution is -2.59. The van der Waals surface area contributed by atoms with Crippen molar-refractivity contribution in [3.63, 3.8) is 0 Å². The molecule has 3 aliphatic heterocycles. The molecule has 65 heavy (non-hydrogen) atoms. The van der Waals surface area contributed by atoms with E-state index < -0.39 is 135 Å². The van der Waals surface area contributed by atoms with E-state index >= 15 is 0 Å². The predicted molar refractivity (Wildman–Crippen MR) is 239 cm³/mol. The normalized spacial score (nSPS) is 43.1. The highest BCUT2D eigenvalue weighted by molar-refractivity contribution is 5.80. The smallest absolute Gasteiger partial charge is 0.308 e. The van der Waals surface area contributed by atoms with Crippen molar-refractivity contribution in [2.75, 3.05) is 13.2 Å². The van der Waals surface area contributed by atoms with Gasteiger partial charge in [-0.1, -0.05) is 92.0 Å². The summed E-state index contributed by atoms with van der Waals surface area (Å²) in [4.78, 5) is 25.8. The van der Waals surface area contributed by atoms with Crippen LogP contribution in [0.15, 0.2) is 85.1 Å². The van der Waals surface area contributed by atoms with Crippen LogP contribution < -0.4 is 11.1 Å². The number of esters is 1. The Morgan fingerprint density at radius 1 is 0.723 bits per heavy atom. The number of nitrogens with two attached hydrogens (primary N) is 1. The average molecular weight is 923 g/mol. The molecule has 0 radical (unpaired) electrons. The first-order valence-corrected chi connectivity index (χ1v) is 22.5. The topological polar surface area (TPSA) is 311 Å². The van der Waals surface area contributed by atoms with E-state index in [1.807, 2.05) is 37.3 Å². The van der Waals surface area contributed by atoms with E-state index in [1.54, 1.807) is 68.5 Å². The molecule has 0 aromatic rings. The molecule has 3 heterocycles. The summed E-state index contributed by atoms with van der Waals surface area (Å²) in [5, 5.41) is 111. The number of amides is 1. The van der Waals surface area contributed by atoms with Gasteiger partial charge in [0.25, 0.3) is 0 Å². The van der Waals surface area contributed by atoms with E-state index in [-0.39, 0.29) is 51.2 Å². The quantitative estimate of drug-likeness (QED) is 0.167. The highest BCUT2D eigenvalue weighted by Gasteiger charge is 2.50. The van der Waals surface area contributed by atoms with Crippen LogP contribution in [0, 0.1) is 11.8 Å². The first kappa shape index (κ1) is 55.9. The zero-order chi connectivity index (χ0) is 48.1. The number of hydrogen-bond donors (Lipinski definition) is 12. The number of ether oxygens (including phenoxy) is 4. The molecule has 368 valence electrons. The van der Waals surface area contributed by atoms with E-state index in [2.05, 4.69) is 5.32 Å². The van der Waals surface area contributed by atoms with Gasteiger partial charge in [-0.3, -0.25) is 9.59 Å². The fourth-order valence-corrected chi connectivity index (χ4v) is 7.80. The molecule has 2 saturated heterocycles.